The second-order valence-electron chi connectivity index (χ2n) is 5.83. The van der Waals surface area contributed by atoms with E-state index in [2.05, 4.69) is 36.4 Å². The highest BCUT2D eigenvalue weighted by atomic mass is 16.5. The first-order chi connectivity index (χ1) is 12.3. The Morgan fingerprint density at radius 2 is 1.80 bits per heavy atom. The average molecular weight is 331 g/mol. The molecular formula is C22H21NO2. The van der Waals surface area contributed by atoms with Gasteiger partial charge < -0.3 is 9.47 Å². The van der Waals surface area contributed by atoms with E-state index in [4.69, 9.17) is 9.47 Å². The largest absolute Gasteiger partial charge is 0.493 e. The molecule has 3 heteroatoms. The quantitative estimate of drug-likeness (QED) is 0.616. The van der Waals surface area contributed by atoms with Crippen molar-refractivity contribution in [2.75, 3.05) is 13.7 Å². The van der Waals surface area contributed by atoms with Crippen LogP contribution in [-0.4, -0.2) is 13.7 Å². The summed E-state index contributed by atoms with van der Waals surface area (Å²) in [4.78, 5) is 0. The average Bonchev–Trinajstić information content (AvgIpc) is 2.66. The van der Waals surface area contributed by atoms with E-state index in [-0.39, 0.29) is 5.92 Å². The first-order valence-electron chi connectivity index (χ1n) is 8.43. The van der Waals surface area contributed by atoms with E-state index in [0.29, 0.717) is 24.5 Å². The Labute approximate surface area is 148 Å². The van der Waals surface area contributed by atoms with Crippen LogP contribution in [-0.2, 0) is 0 Å². The van der Waals surface area contributed by atoms with E-state index in [1.807, 2.05) is 37.3 Å². The minimum absolute atomic E-state index is 0.0128. The molecule has 3 aromatic rings. The van der Waals surface area contributed by atoms with Gasteiger partial charge in [-0.3, -0.25) is 0 Å². The molecule has 0 aliphatic carbocycles. The maximum atomic E-state index is 9.40. The van der Waals surface area contributed by atoms with Gasteiger partial charge in [0.05, 0.1) is 19.8 Å². The summed E-state index contributed by atoms with van der Waals surface area (Å²) in [5, 5.41) is 11.8. The van der Waals surface area contributed by atoms with Crippen LogP contribution in [0.15, 0.2) is 60.7 Å². The molecule has 0 aromatic heterocycles. The van der Waals surface area contributed by atoms with Crippen LogP contribution in [0.4, 0.5) is 0 Å². The zero-order valence-corrected chi connectivity index (χ0v) is 14.5. The van der Waals surface area contributed by atoms with Crippen molar-refractivity contribution >= 4 is 10.8 Å². The summed E-state index contributed by atoms with van der Waals surface area (Å²) in [6, 6.07) is 22.8. The predicted octanol–water partition coefficient (Wildman–Crippen LogP) is 5.29. The standard InChI is InChI=1S/C22H21NO2/c1-3-25-22-15-17(11-12-21(22)24-2)19(13-14-23)20-10-6-8-16-7-4-5-9-18(16)20/h4-12,15,19H,3,13H2,1-2H3. The van der Waals surface area contributed by atoms with Crippen molar-refractivity contribution in [3.8, 4) is 17.6 Å². The maximum absolute atomic E-state index is 9.40. The summed E-state index contributed by atoms with van der Waals surface area (Å²) in [7, 11) is 1.63. The Morgan fingerprint density at radius 1 is 1.00 bits per heavy atom. The number of benzene rings is 3. The predicted molar refractivity (Wildman–Crippen MR) is 100 cm³/mol. The molecule has 0 radical (unpaired) electrons. The number of fused-ring (bicyclic) bond motifs is 1. The van der Waals surface area contributed by atoms with E-state index in [9.17, 15) is 5.26 Å². The van der Waals surface area contributed by atoms with E-state index in [1.54, 1.807) is 7.11 Å². The molecule has 126 valence electrons. The maximum Gasteiger partial charge on any atom is 0.161 e. The van der Waals surface area contributed by atoms with Crippen LogP contribution in [0.1, 0.15) is 30.4 Å². The van der Waals surface area contributed by atoms with Crippen molar-refractivity contribution in [2.24, 2.45) is 0 Å². The van der Waals surface area contributed by atoms with Gasteiger partial charge in [-0.1, -0.05) is 48.5 Å². The molecule has 3 aromatic carbocycles. The second kappa shape index (κ2) is 7.72. The van der Waals surface area contributed by atoms with E-state index in [0.717, 1.165) is 11.1 Å². The fraction of sp³-hybridized carbons (Fsp3) is 0.227. The van der Waals surface area contributed by atoms with Crippen LogP contribution in [0, 0.1) is 11.3 Å². The molecule has 25 heavy (non-hydrogen) atoms. The minimum atomic E-state index is -0.0128. The Hall–Kier alpha value is -2.99. The number of nitrogens with zero attached hydrogens (tertiary/aromatic N) is 1. The summed E-state index contributed by atoms with van der Waals surface area (Å²) in [5.41, 5.74) is 2.22. The van der Waals surface area contributed by atoms with Gasteiger partial charge in [0, 0.05) is 12.3 Å². The number of hydrogen-bond donors (Lipinski definition) is 0. The molecular weight excluding hydrogens is 310 g/mol. The zero-order chi connectivity index (χ0) is 17.6. The SMILES string of the molecule is CCOc1cc(C(CC#N)c2cccc3ccccc23)ccc1OC. The molecule has 0 aliphatic heterocycles. The molecule has 0 saturated heterocycles. The molecule has 0 heterocycles. The van der Waals surface area contributed by atoms with Gasteiger partial charge in [0.15, 0.2) is 11.5 Å². The van der Waals surface area contributed by atoms with Gasteiger partial charge in [0.1, 0.15) is 0 Å². The highest BCUT2D eigenvalue weighted by Gasteiger charge is 2.18. The third kappa shape index (κ3) is 3.44. The van der Waals surface area contributed by atoms with Gasteiger partial charge in [-0.25, -0.2) is 0 Å². The smallest absolute Gasteiger partial charge is 0.161 e. The van der Waals surface area contributed by atoms with Crippen molar-refractivity contribution in [2.45, 2.75) is 19.3 Å². The Kier molecular flexibility index (Phi) is 5.20. The molecule has 1 unspecified atom stereocenters. The molecule has 0 amide bonds. The molecule has 1 atom stereocenters. The van der Waals surface area contributed by atoms with E-state index >= 15 is 0 Å². The molecule has 0 bridgehead atoms. The highest BCUT2D eigenvalue weighted by Crippen LogP contribution is 2.37. The first-order valence-corrected chi connectivity index (χ1v) is 8.43. The summed E-state index contributed by atoms with van der Waals surface area (Å²) in [6.45, 7) is 2.51. The van der Waals surface area contributed by atoms with Gasteiger partial charge in [-0.2, -0.15) is 5.26 Å². The number of ether oxygens (including phenoxy) is 2. The lowest BCUT2D eigenvalue weighted by Crippen LogP contribution is -2.03. The van der Waals surface area contributed by atoms with E-state index < -0.39 is 0 Å². The molecule has 3 rings (SSSR count). The number of nitriles is 1. The monoisotopic (exact) mass is 331 g/mol. The first kappa shape index (κ1) is 16.9. The van der Waals surface area contributed by atoms with Crippen molar-refractivity contribution in [1.82, 2.24) is 0 Å². The fourth-order valence-corrected chi connectivity index (χ4v) is 3.23. The van der Waals surface area contributed by atoms with Crippen molar-refractivity contribution in [3.63, 3.8) is 0 Å². The minimum Gasteiger partial charge on any atom is -0.493 e. The van der Waals surface area contributed by atoms with Gasteiger partial charge in [-0.15, -0.1) is 0 Å². The van der Waals surface area contributed by atoms with Crippen LogP contribution in [0.5, 0.6) is 11.5 Å². The third-order valence-electron chi connectivity index (χ3n) is 4.38. The van der Waals surface area contributed by atoms with Crippen LogP contribution in [0.3, 0.4) is 0 Å². The van der Waals surface area contributed by atoms with Gasteiger partial charge in [0.2, 0.25) is 0 Å². The lowest BCUT2D eigenvalue weighted by molar-refractivity contribution is 0.310. The molecule has 3 nitrogen and oxygen atoms in total. The number of hydrogen-bond acceptors (Lipinski definition) is 3. The Morgan fingerprint density at radius 3 is 2.56 bits per heavy atom. The van der Waals surface area contributed by atoms with Crippen molar-refractivity contribution in [1.29, 1.82) is 5.26 Å². The molecule has 0 aliphatic rings. The lowest BCUT2D eigenvalue weighted by atomic mass is 9.86. The number of methoxy groups -OCH3 is 1. The third-order valence-corrected chi connectivity index (χ3v) is 4.38. The lowest BCUT2D eigenvalue weighted by Gasteiger charge is -2.19. The summed E-state index contributed by atoms with van der Waals surface area (Å²) in [6.07, 6.45) is 0.409. The highest BCUT2D eigenvalue weighted by molar-refractivity contribution is 5.86. The molecule has 0 spiro atoms. The van der Waals surface area contributed by atoms with Crippen LogP contribution in [0.2, 0.25) is 0 Å². The normalized spacial score (nSPS) is 11.7. The van der Waals surface area contributed by atoms with Crippen LogP contribution in [0.25, 0.3) is 10.8 Å². The Bertz CT molecular complexity index is 906. The van der Waals surface area contributed by atoms with Gasteiger partial charge in [-0.05, 0) is 41.0 Å². The number of rotatable bonds is 6. The Balaban J connectivity index is 2.13. The second-order valence-corrected chi connectivity index (χ2v) is 5.83. The molecule has 0 N–H and O–H groups in total. The van der Waals surface area contributed by atoms with Gasteiger partial charge in [0.25, 0.3) is 0 Å². The van der Waals surface area contributed by atoms with Crippen molar-refractivity contribution < 1.29 is 9.47 Å². The van der Waals surface area contributed by atoms with E-state index in [1.165, 1.54) is 10.8 Å². The summed E-state index contributed by atoms with van der Waals surface area (Å²) < 4.78 is 11.1. The van der Waals surface area contributed by atoms with Crippen LogP contribution >= 0.6 is 0 Å². The molecule has 0 fully saturated rings. The molecule has 0 saturated carbocycles. The van der Waals surface area contributed by atoms with Crippen molar-refractivity contribution in [3.05, 3.63) is 71.8 Å². The zero-order valence-electron chi connectivity index (χ0n) is 14.5. The summed E-state index contributed by atoms with van der Waals surface area (Å²) >= 11 is 0. The topological polar surface area (TPSA) is 42.2 Å². The van der Waals surface area contributed by atoms with Crippen LogP contribution < -0.4 is 9.47 Å². The summed E-state index contributed by atoms with van der Waals surface area (Å²) in [5.74, 6) is 1.41. The fourth-order valence-electron chi connectivity index (χ4n) is 3.23. The van der Waals surface area contributed by atoms with Gasteiger partial charge >= 0.3 is 0 Å².